The molecule has 1 aromatic rings. The van der Waals surface area contributed by atoms with Gasteiger partial charge in [-0.25, -0.2) is 0 Å². The highest BCUT2D eigenvalue weighted by molar-refractivity contribution is 5.84. The number of hydrogen-bond donors (Lipinski definition) is 1. The van der Waals surface area contributed by atoms with Crippen LogP contribution in [0.3, 0.4) is 0 Å². The summed E-state index contributed by atoms with van der Waals surface area (Å²) in [7, 11) is 1.80. The zero-order valence-electron chi connectivity index (χ0n) is 10.4. The molecule has 0 aliphatic carbocycles. The van der Waals surface area contributed by atoms with E-state index in [0.29, 0.717) is 13.0 Å². The summed E-state index contributed by atoms with van der Waals surface area (Å²) < 4.78 is 5.72. The monoisotopic (exact) mass is 233 g/mol. The molecule has 0 fully saturated rings. The van der Waals surface area contributed by atoms with Crippen LogP contribution in [-0.2, 0) is 16.0 Å². The number of likely N-dealkylation sites (N-methyl/N-ethyl adjacent to an activating group) is 1. The molecule has 2 unspecified atom stereocenters. The van der Waals surface area contributed by atoms with E-state index in [4.69, 9.17) is 4.74 Å². The minimum Gasteiger partial charge on any atom is -0.373 e. The van der Waals surface area contributed by atoms with Crippen LogP contribution < -0.4 is 5.32 Å². The molecule has 3 heteroatoms. The largest absolute Gasteiger partial charge is 0.373 e. The minimum absolute atomic E-state index is 0.0664. The van der Waals surface area contributed by atoms with Crippen molar-refractivity contribution in [1.29, 1.82) is 0 Å². The second-order valence-corrected chi connectivity index (χ2v) is 4.49. The lowest BCUT2D eigenvalue weighted by Gasteiger charge is -2.26. The summed E-state index contributed by atoms with van der Waals surface area (Å²) >= 11 is 0. The molecule has 1 aromatic carbocycles. The van der Waals surface area contributed by atoms with Gasteiger partial charge in [-0.15, -0.1) is 0 Å². The van der Waals surface area contributed by atoms with Crippen molar-refractivity contribution >= 4 is 5.78 Å². The summed E-state index contributed by atoms with van der Waals surface area (Å²) in [6, 6.07) is 8.13. The minimum atomic E-state index is -0.104. The van der Waals surface area contributed by atoms with Crippen LogP contribution in [0.15, 0.2) is 24.3 Å². The molecule has 0 spiro atoms. The van der Waals surface area contributed by atoms with Crippen molar-refractivity contribution in [3.05, 3.63) is 35.4 Å². The van der Waals surface area contributed by atoms with Gasteiger partial charge in [-0.3, -0.25) is 4.79 Å². The molecule has 92 valence electrons. The summed E-state index contributed by atoms with van der Waals surface area (Å²) in [5.41, 5.74) is 2.49. The Morgan fingerprint density at radius 2 is 2.29 bits per heavy atom. The lowest BCUT2D eigenvalue weighted by atomic mass is 9.93. The van der Waals surface area contributed by atoms with Gasteiger partial charge in [0.1, 0.15) is 0 Å². The average Bonchev–Trinajstić information content (AvgIpc) is 2.38. The first-order valence-corrected chi connectivity index (χ1v) is 6.11. The summed E-state index contributed by atoms with van der Waals surface area (Å²) in [6.45, 7) is 2.60. The van der Waals surface area contributed by atoms with Crippen molar-refractivity contribution in [1.82, 2.24) is 5.32 Å². The standard InChI is InChI=1S/C14H19NO2/c1-10(15-2)13(16)9-14-12-6-4-3-5-11(12)7-8-17-14/h3-6,10,14-15H,7-9H2,1-2H3. The van der Waals surface area contributed by atoms with Gasteiger partial charge in [-0.2, -0.15) is 0 Å². The van der Waals surface area contributed by atoms with E-state index < -0.39 is 0 Å². The van der Waals surface area contributed by atoms with E-state index in [-0.39, 0.29) is 17.9 Å². The lowest BCUT2D eigenvalue weighted by Crippen LogP contribution is -2.32. The van der Waals surface area contributed by atoms with Crippen LogP contribution in [0.25, 0.3) is 0 Å². The molecule has 0 saturated heterocycles. The lowest BCUT2D eigenvalue weighted by molar-refractivity contribution is -0.123. The molecule has 17 heavy (non-hydrogen) atoms. The summed E-state index contributed by atoms with van der Waals surface area (Å²) in [6.07, 6.45) is 1.34. The fraction of sp³-hybridized carbons (Fsp3) is 0.500. The Labute approximate surface area is 102 Å². The van der Waals surface area contributed by atoms with Gasteiger partial charge in [0.2, 0.25) is 0 Å². The van der Waals surface area contributed by atoms with Crippen molar-refractivity contribution in [2.24, 2.45) is 0 Å². The molecule has 0 bridgehead atoms. The number of nitrogens with one attached hydrogen (secondary N) is 1. The molecular weight excluding hydrogens is 214 g/mol. The Hall–Kier alpha value is -1.19. The van der Waals surface area contributed by atoms with E-state index in [2.05, 4.69) is 17.4 Å². The topological polar surface area (TPSA) is 38.3 Å². The van der Waals surface area contributed by atoms with Gasteiger partial charge in [-0.05, 0) is 31.5 Å². The Morgan fingerprint density at radius 3 is 3.06 bits per heavy atom. The number of benzene rings is 1. The third-order valence-corrected chi connectivity index (χ3v) is 3.39. The van der Waals surface area contributed by atoms with E-state index in [1.165, 1.54) is 11.1 Å². The van der Waals surface area contributed by atoms with Crippen molar-refractivity contribution < 1.29 is 9.53 Å². The number of rotatable bonds is 4. The SMILES string of the molecule is CNC(C)C(=O)CC1OCCc2ccccc21. The maximum Gasteiger partial charge on any atom is 0.152 e. The van der Waals surface area contributed by atoms with Gasteiger partial charge >= 0.3 is 0 Å². The summed E-state index contributed by atoms with van der Waals surface area (Å²) in [5, 5.41) is 2.97. The van der Waals surface area contributed by atoms with Crippen molar-refractivity contribution in [3.63, 3.8) is 0 Å². The first-order valence-electron chi connectivity index (χ1n) is 6.11. The van der Waals surface area contributed by atoms with Gasteiger partial charge in [0.05, 0.1) is 18.8 Å². The predicted molar refractivity (Wildman–Crippen MR) is 67.0 cm³/mol. The molecule has 0 aromatic heterocycles. The maximum atomic E-state index is 11.9. The number of carbonyl (C=O) groups is 1. The molecule has 2 rings (SSSR count). The number of Topliss-reactive ketones (excluding diaryl/α,β-unsaturated/α-hetero) is 1. The normalized spacial score (nSPS) is 20.7. The smallest absolute Gasteiger partial charge is 0.152 e. The molecule has 2 atom stereocenters. The predicted octanol–water partition coefficient (Wildman–Crippen LogP) is 1.87. The van der Waals surface area contributed by atoms with Crippen LogP contribution in [0.4, 0.5) is 0 Å². The van der Waals surface area contributed by atoms with E-state index >= 15 is 0 Å². The highest BCUT2D eigenvalue weighted by atomic mass is 16.5. The molecule has 0 radical (unpaired) electrons. The average molecular weight is 233 g/mol. The van der Waals surface area contributed by atoms with Gasteiger partial charge in [0.25, 0.3) is 0 Å². The third kappa shape index (κ3) is 2.73. The quantitative estimate of drug-likeness (QED) is 0.862. The third-order valence-electron chi connectivity index (χ3n) is 3.39. The molecule has 1 heterocycles. The maximum absolute atomic E-state index is 11.9. The molecular formula is C14H19NO2. The number of fused-ring (bicyclic) bond motifs is 1. The zero-order valence-corrected chi connectivity index (χ0v) is 10.4. The first kappa shape index (κ1) is 12.3. The Balaban J connectivity index is 2.11. The van der Waals surface area contributed by atoms with Crippen LogP contribution in [0, 0.1) is 0 Å². The fourth-order valence-electron chi connectivity index (χ4n) is 2.17. The molecule has 1 N–H and O–H groups in total. The van der Waals surface area contributed by atoms with Gasteiger partial charge in [0, 0.05) is 6.42 Å². The highest BCUT2D eigenvalue weighted by Crippen LogP contribution is 2.29. The van der Waals surface area contributed by atoms with Gasteiger partial charge in [-0.1, -0.05) is 24.3 Å². The molecule has 0 amide bonds. The molecule has 0 saturated carbocycles. The fourth-order valence-corrected chi connectivity index (χ4v) is 2.17. The van der Waals surface area contributed by atoms with Crippen LogP contribution in [0.1, 0.15) is 30.6 Å². The second kappa shape index (κ2) is 5.43. The highest BCUT2D eigenvalue weighted by Gasteiger charge is 2.24. The molecule has 3 nitrogen and oxygen atoms in total. The van der Waals surface area contributed by atoms with Crippen LogP contribution in [0.2, 0.25) is 0 Å². The van der Waals surface area contributed by atoms with E-state index in [9.17, 15) is 4.79 Å². The van der Waals surface area contributed by atoms with E-state index in [0.717, 1.165) is 6.42 Å². The molecule has 1 aliphatic heterocycles. The first-order chi connectivity index (χ1) is 8.22. The van der Waals surface area contributed by atoms with Crippen LogP contribution >= 0.6 is 0 Å². The van der Waals surface area contributed by atoms with Gasteiger partial charge < -0.3 is 10.1 Å². The van der Waals surface area contributed by atoms with Crippen LogP contribution in [0.5, 0.6) is 0 Å². The number of hydrogen-bond acceptors (Lipinski definition) is 3. The van der Waals surface area contributed by atoms with Crippen LogP contribution in [-0.4, -0.2) is 25.5 Å². The van der Waals surface area contributed by atoms with Gasteiger partial charge in [0.15, 0.2) is 5.78 Å². The molecule has 1 aliphatic rings. The number of ketones is 1. The number of carbonyl (C=O) groups excluding carboxylic acids is 1. The summed E-state index contributed by atoms with van der Waals surface area (Å²) in [4.78, 5) is 11.9. The van der Waals surface area contributed by atoms with Crippen molar-refractivity contribution in [3.8, 4) is 0 Å². The zero-order chi connectivity index (χ0) is 12.3. The summed E-state index contributed by atoms with van der Waals surface area (Å²) in [5.74, 6) is 0.203. The Kier molecular flexibility index (Phi) is 3.92. The van der Waals surface area contributed by atoms with Crippen molar-refractivity contribution in [2.75, 3.05) is 13.7 Å². The van der Waals surface area contributed by atoms with E-state index in [1.807, 2.05) is 19.1 Å². The second-order valence-electron chi connectivity index (χ2n) is 4.49. The van der Waals surface area contributed by atoms with E-state index in [1.54, 1.807) is 7.05 Å². The number of ether oxygens (including phenoxy) is 1. The van der Waals surface area contributed by atoms with Crippen molar-refractivity contribution in [2.45, 2.75) is 31.9 Å². The Morgan fingerprint density at radius 1 is 1.53 bits per heavy atom. The Bertz CT molecular complexity index is 403.